The molecule has 6 atom stereocenters. The van der Waals surface area contributed by atoms with Crippen LogP contribution >= 0.6 is 7.75 Å². The number of nitrogens with zero attached hydrogens (tertiary/aromatic N) is 4. The van der Waals surface area contributed by atoms with Gasteiger partial charge in [0.15, 0.2) is 17.7 Å². The molecule has 0 aliphatic carbocycles. The fourth-order valence-corrected chi connectivity index (χ4v) is 5.43. The van der Waals surface area contributed by atoms with Gasteiger partial charge in [-0.25, -0.2) is 19.5 Å². The van der Waals surface area contributed by atoms with Crippen LogP contribution in [0.25, 0.3) is 11.2 Å². The number of hydrogen-bond acceptors (Lipinski definition) is 12. The van der Waals surface area contributed by atoms with Crippen LogP contribution in [0.3, 0.4) is 0 Å². The number of nitrogen functional groups attached to an aromatic ring is 1. The van der Waals surface area contributed by atoms with Crippen molar-refractivity contribution in [2.45, 2.75) is 63.9 Å². The number of carbonyl (C=O) groups excluding carboxylic acids is 1. The minimum absolute atomic E-state index is 0.141. The van der Waals surface area contributed by atoms with E-state index in [2.05, 4.69) is 20.0 Å². The van der Waals surface area contributed by atoms with Crippen molar-refractivity contribution in [1.82, 2.24) is 24.6 Å². The zero-order valence-electron chi connectivity index (χ0n) is 21.3. The average Bonchev–Trinajstić information content (AvgIpc) is 3.37. The smallest absolute Gasteiger partial charge is 0.459 e. The van der Waals surface area contributed by atoms with Crippen LogP contribution in [0.1, 0.15) is 33.9 Å². The quantitative estimate of drug-likeness (QED) is 0.210. The molecule has 14 nitrogen and oxygen atoms in total. The Balaban J connectivity index is 1.54. The number of aliphatic hydroxyl groups excluding tert-OH is 1. The summed E-state index contributed by atoms with van der Waals surface area (Å²) in [7, 11) is -4.22. The lowest BCUT2D eigenvalue weighted by Gasteiger charge is -2.27. The maximum Gasteiger partial charge on any atom is 0.459 e. The number of nitrogens with one attached hydrogen (secondary N) is 1. The normalized spacial score (nSPS) is 25.8. The standard InChI is InChI=1S/C23H31N6O8P/c1-13(2)35-21(31)14(3)28-38(33,37-15-8-6-5-7-9-15)34-10-16-18(30)23(4,32)22(36-16)29-12-27-17-19(24)25-11-26-20(17)29/h5-9,11-14,16,18,22,30,32H,10H2,1-4H3,(H,28,33)(H2,24,25,26)/t14-,16+,18?,22+,23+,38?/m0/s1. The number of benzene rings is 1. The van der Waals surface area contributed by atoms with Gasteiger partial charge in [-0.2, -0.15) is 5.09 Å². The van der Waals surface area contributed by atoms with E-state index in [1.54, 1.807) is 44.2 Å². The Labute approximate surface area is 218 Å². The summed E-state index contributed by atoms with van der Waals surface area (Å²) in [4.78, 5) is 24.6. The maximum atomic E-state index is 13.7. The molecule has 1 aliphatic rings. The number of imidazole rings is 1. The highest BCUT2D eigenvalue weighted by Gasteiger charge is 2.54. The number of aliphatic hydroxyl groups is 2. The van der Waals surface area contributed by atoms with Gasteiger partial charge in [-0.3, -0.25) is 13.9 Å². The second-order valence-electron chi connectivity index (χ2n) is 9.31. The first-order chi connectivity index (χ1) is 17.9. The third kappa shape index (κ3) is 5.80. The van der Waals surface area contributed by atoms with Crippen molar-refractivity contribution in [2.24, 2.45) is 0 Å². The number of ether oxygens (including phenoxy) is 2. The number of nitrogens with two attached hydrogens (primary N) is 1. The zero-order chi connectivity index (χ0) is 27.7. The largest absolute Gasteiger partial charge is 0.462 e. The van der Waals surface area contributed by atoms with Gasteiger partial charge in [-0.05, 0) is 39.8 Å². The monoisotopic (exact) mass is 550 g/mol. The minimum Gasteiger partial charge on any atom is -0.462 e. The van der Waals surface area contributed by atoms with E-state index in [1.807, 2.05) is 0 Å². The number of aromatic nitrogens is 4. The molecule has 1 aliphatic heterocycles. The summed E-state index contributed by atoms with van der Waals surface area (Å²) in [5, 5.41) is 24.6. The lowest BCUT2D eigenvalue weighted by atomic mass is 9.96. The number of esters is 1. The van der Waals surface area contributed by atoms with E-state index in [0.717, 1.165) is 0 Å². The van der Waals surface area contributed by atoms with Crippen LogP contribution < -0.4 is 15.3 Å². The fraction of sp³-hybridized carbons (Fsp3) is 0.478. The number of anilines is 1. The van der Waals surface area contributed by atoms with Gasteiger partial charge in [-0.1, -0.05) is 18.2 Å². The molecule has 1 aromatic carbocycles. The maximum absolute atomic E-state index is 13.7. The molecule has 0 bridgehead atoms. The summed E-state index contributed by atoms with van der Waals surface area (Å²) in [6.45, 7) is 5.73. The summed E-state index contributed by atoms with van der Waals surface area (Å²) in [6.07, 6.45) is -1.56. The van der Waals surface area contributed by atoms with E-state index in [4.69, 9.17) is 24.3 Å². The van der Waals surface area contributed by atoms with Gasteiger partial charge in [0.1, 0.15) is 41.4 Å². The van der Waals surface area contributed by atoms with Gasteiger partial charge >= 0.3 is 13.7 Å². The third-order valence-electron chi connectivity index (χ3n) is 5.83. The van der Waals surface area contributed by atoms with Crippen LogP contribution in [0.15, 0.2) is 43.0 Å². The second-order valence-corrected chi connectivity index (χ2v) is 11.0. The molecule has 0 amide bonds. The first kappa shape index (κ1) is 27.9. The van der Waals surface area contributed by atoms with Gasteiger partial charge in [0.2, 0.25) is 0 Å². The molecule has 0 radical (unpaired) electrons. The van der Waals surface area contributed by atoms with Crippen LogP contribution in [0.5, 0.6) is 5.75 Å². The molecule has 1 fully saturated rings. The lowest BCUT2D eigenvalue weighted by molar-refractivity contribution is -0.149. The number of carbonyl (C=O) groups is 1. The van der Waals surface area contributed by atoms with Crippen molar-refractivity contribution in [3.63, 3.8) is 0 Å². The highest BCUT2D eigenvalue weighted by Crippen LogP contribution is 2.47. The molecule has 1 saturated heterocycles. The summed E-state index contributed by atoms with van der Waals surface area (Å²) in [5.41, 5.74) is 4.61. The predicted molar refractivity (Wildman–Crippen MR) is 135 cm³/mol. The summed E-state index contributed by atoms with van der Waals surface area (Å²) in [6, 6.07) is 7.17. The molecular formula is C23H31N6O8P. The van der Waals surface area contributed by atoms with E-state index < -0.39 is 50.4 Å². The van der Waals surface area contributed by atoms with E-state index in [1.165, 1.54) is 31.1 Å². The van der Waals surface area contributed by atoms with E-state index in [9.17, 15) is 19.6 Å². The molecule has 3 heterocycles. The summed E-state index contributed by atoms with van der Waals surface area (Å²) < 4.78 is 37.5. The average molecular weight is 551 g/mol. The van der Waals surface area contributed by atoms with Gasteiger partial charge in [-0.15, -0.1) is 0 Å². The van der Waals surface area contributed by atoms with Crippen molar-refractivity contribution in [3.8, 4) is 5.75 Å². The highest BCUT2D eigenvalue weighted by molar-refractivity contribution is 7.52. The van der Waals surface area contributed by atoms with Crippen molar-refractivity contribution >= 4 is 30.7 Å². The molecule has 38 heavy (non-hydrogen) atoms. The van der Waals surface area contributed by atoms with Crippen molar-refractivity contribution in [1.29, 1.82) is 0 Å². The molecule has 2 unspecified atom stereocenters. The Morgan fingerprint density at radius 2 is 1.97 bits per heavy atom. The van der Waals surface area contributed by atoms with Crippen LogP contribution in [0.2, 0.25) is 0 Å². The first-order valence-electron chi connectivity index (χ1n) is 11.9. The number of fused-ring (bicyclic) bond motifs is 1. The van der Waals surface area contributed by atoms with E-state index in [0.29, 0.717) is 5.52 Å². The molecule has 0 saturated carbocycles. The minimum atomic E-state index is -4.22. The van der Waals surface area contributed by atoms with Crippen molar-refractivity contribution < 1.29 is 38.1 Å². The molecular weight excluding hydrogens is 519 g/mol. The number of hydrogen-bond donors (Lipinski definition) is 4. The van der Waals surface area contributed by atoms with E-state index in [-0.39, 0.29) is 23.3 Å². The molecule has 206 valence electrons. The topological polar surface area (TPSA) is 193 Å². The molecule has 2 aromatic heterocycles. The van der Waals surface area contributed by atoms with E-state index >= 15 is 0 Å². The number of para-hydroxylation sites is 1. The zero-order valence-corrected chi connectivity index (χ0v) is 22.2. The molecule has 0 spiro atoms. The SMILES string of the molecule is CC(C)OC(=O)[C@H](C)NP(=O)(OC[C@H]1O[C@@H](n2cnc3c(N)ncnc32)[C@](C)(O)C1O)Oc1ccccc1. The van der Waals surface area contributed by atoms with Crippen molar-refractivity contribution in [3.05, 3.63) is 43.0 Å². The Bertz CT molecular complexity index is 1320. The Morgan fingerprint density at radius 1 is 1.26 bits per heavy atom. The lowest BCUT2D eigenvalue weighted by Crippen LogP contribution is -2.44. The van der Waals surface area contributed by atoms with Crippen LogP contribution in [0.4, 0.5) is 5.82 Å². The molecule has 5 N–H and O–H groups in total. The summed E-state index contributed by atoms with van der Waals surface area (Å²) >= 11 is 0. The van der Waals surface area contributed by atoms with Gasteiger partial charge < -0.3 is 29.9 Å². The van der Waals surface area contributed by atoms with Gasteiger partial charge in [0.25, 0.3) is 0 Å². The number of rotatable bonds is 10. The molecule has 3 aromatic rings. The van der Waals surface area contributed by atoms with Gasteiger partial charge in [0, 0.05) is 0 Å². The second kappa shape index (κ2) is 10.9. The van der Waals surface area contributed by atoms with Crippen LogP contribution in [-0.4, -0.2) is 72.3 Å². The van der Waals surface area contributed by atoms with Gasteiger partial charge in [0.05, 0.1) is 19.0 Å². The van der Waals surface area contributed by atoms with Crippen LogP contribution in [-0.2, 0) is 23.4 Å². The molecule has 15 heteroatoms. The Kier molecular flexibility index (Phi) is 8.02. The Hall–Kier alpha value is -3.13. The first-order valence-corrected chi connectivity index (χ1v) is 13.4. The summed E-state index contributed by atoms with van der Waals surface area (Å²) in [5.74, 6) is -0.302. The predicted octanol–water partition coefficient (Wildman–Crippen LogP) is 1.55. The molecule has 4 rings (SSSR count). The Morgan fingerprint density at radius 3 is 2.66 bits per heavy atom. The fourth-order valence-electron chi connectivity index (χ4n) is 3.93. The van der Waals surface area contributed by atoms with Crippen molar-refractivity contribution in [2.75, 3.05) is 12.3 Å². The third-order valence-corrected chi connectivity index (χ3v) is 7.47. The highest BCUT2D eigenvalue weighted by atomic mass is 31.2. The van der Waals surface area contributed by atoms with Crippen LogP contribution in [0, 0.1) is 0 Å².